The van der Waals surface area contributed by atoms with Gasteiger partial charge >= 0.3 is 0 Å². The van der Waals surface area contributed by atoms with E-state index in [0.29, 0.717) is 22.2 Å². The van der Waals surface area contributed by atoms with Crippen molar-refractivity contribution < 1.29 is 27.5 Å². The van der Waals surface area contributed by atoms with Crippen LogP contribution in [0.15, 0.2) is 71.6 Å². The van der Waals surface area contributed by atoms with Crippen LogP contribution < -0.4 is 19.1 Å². The van der Waals surface area contributed by atoms with Crippen molar-refractivity contribution in [1.29, 1.82) is 0 Å². The SMILES string of the molecule is CC[C@H](C(=O)NC(C)C)N(Cc1ccc(Cl)cc1)C(=O)CN(c1ccc(Cl)cc1)S(=O)(=O)c1ccc(OC)c(OC)c1. The highest BCUT2D eigenvalue weighted by Crippen LogP contribution is 2.33. The Hall–Kier alpha value is -3.47. The van der Waals surface area contributed by atoms with Gasteiger partial charge in [0.2, 0.25) is 11.8 Å². The first-order valence-electron chi connectivity index (χ1n) is 13.3. The van der Waals surface area contributed by atoms with E-state index >= 15 is 0 Å². The summed E-state index contributed by atoms with van der Waals surface area (Å²) in [5, 5.41) is 3.79. The molecule has 0 bridgehead atoms. The van der Waals surface area contributed by atoms with Crippen molar-refractivity contribution in [3.63, 3.8) is 0 Å². The predicted molar refractivity (Wildman–Crippen MR) is 165 cm³/mol. The van der Waals surface area contributed by atoms with E-state index in [2.05, 4.69) is 5.32 Å². The minimum Gasteiger partial charge on any atom is -0.493 e. The van der Waals surface area contributed by atoms with E-state index in [1.54, 1.807) is 31.2 Å². The van der Waals surface area contributed by atoms with Crippen LogP contribution in [0, 0.1) is 0 Å². The smallest absolute Gasteiger partial charge is 0.264 e. The number of hydrogen-bond acceptors (Lipinski definition) is 6. The van der Waals surface area contributed by atoms with Gasteiger partial charge in [-0.1, -0.05) is 42.3 Å². The summed E-state index contributed by atoms with van der Waals surface area (Å²) in [6.45, 7) is 4.92. The lowest BCUT2D eigenvalue weighted by molar-refractivity contribution is -0.140. The van der Waals surface area contributed by atoms with Gasteiger partial charge in [-0.15, -0.1) is 0 Å². The van der Waals surface area contributed by atoms with Gasteiger partial charge in [-0.2, -0.15) is 0 Å². The van der Waals surface area contributed by atoms with Gasteiger partial charge < -0.3 is 19.7 Å². The Morgan fingerprint density at radius 1 is 0.881 bits per heavy atom. The van der Waals surface area contributed by atoms with Crippen molar-refractivity contribution in [2.24, 2.45) is 0 Å². The minimum atomic E-state index is -4.31. The summed E-state index contributed by atoms with van der Waals surface area (Å²) in [4.78, 5) is 28.6. The van der Waals surface area contributed by atoms with Crippen molar-refractivity contribution in [3.8, 4) is 11.5 Å². The van der Waals surface area contributed by atoms with Crippen LogP contribution >= 0.6 is 23.2 Å². The molecule has 226 valence electrons. The van der Waals surface area contributed by atoms with Crippen LogP contribution in [0.25, 0.3) is 0 Å². The van der Waals surface area contributed by atoms with Crippen molar-refractivity contribution in [3.05, 3.63) is 82.3 Å². The topological polar surface area (TPSA) is 105 Å². The number of amides is 2. The minimum absolute atomic E-state index is 0.0604. The molecule has 0 aliphatic rings. The van der Waals surface area contributed by atoms with E-state index < -0.39 is 28.5 Å². The molecule has 0 spiro atoms. The molecule has 0 unspecified atom stereocenters. The second-order valence-electron chi connectivity index (χ2n) is 9.74. The van der Waals surface area contributed by atoms with Crippen LogP contribution in [-0.2, 0) is 26.2 Å². The Morgan fingerprint density at radius 2 is 1.45 bits per heavy atom. The lowest BCUT2D eigenvalue weighted by atomic mass is 10.1. The number of nitrogens with one attached hydrogen (secondary N) is 1. The van der Waals surface area contributed by atoms with E-state index in [9.17, 15) is 18.0 Å². The number of halogens is 2. The number of nitrogens with zero attached hydrogens (tertiary/aromatic N) is 2. The first kappa shape index (κ1) is 33.0. The van der Waals surface area contributed by atoms with Gasteiger partial charge in [-0.05, 0) is 74.4 Å². The number of ether oxygens (including phenoxy) is 2. The molecule has 0 saturated heterocycles. The standard InChI is InChI=1S/C30H35Cl2N3O6S/c1-6-26(30(37)33-20(2)3)34(18-21-7-9-22(31)10-8-21)29(36)19-35(24-13-11-23(32)12-14-24)42(38,39)25-15-16-27(40-4)28(17-25)41-5/h7-17,20,26H,6,18-19H2,1-5H3,(H,33,37)/t26-/m1/s1. The molecule has 0 saturated carbocycles. The van der Waals surface area contributed by atoms with Crippen LogP contribution in [0.5, 0.6) is 11.5 Å². The summed E-state index contributed by atoms with van der Waals surface area (Å²) in [6.07, 6.45) is 0.307. The molecule has 3 aromatic carbocycles. The van der Waals surface area contributed by atoms with Gasteiger partial charge in [0.15, 0.2) is 11.5 Å². The van der Waals surface area contributed by atoms with E-state index in [4.69, 9.17) is 32.7 Å². The Labute approximate surface area is 257 Å². The summed E-state index contributed by atoms with van der Waals surface area (Å²) in [5.74, 6) is -0.353. The molecule has 1 N–H and O–H groups in total. The molecular formula is C30H35Cl2N3O6S. The summed E-state index contributed by atoms with van der Waals surface area (Å²) < 4.78 is 39.7. The van der Waals surface area contributed by atoms with Crippen LogP contribution in [0.1, 0.15) is 32.8 Å². The summed E-state index contributed by atoms with van der Waals surface area (Å²) in [6, 6.07) is 16.2. The maximum atomic E-state index is 14.1. The lowest BCUT2D eigenvalue weighted by Crippen LogP contribution is -2.53. The summed E-state index contributed by atoms with van der Waals surface area (Å²) in [7, 11) is -1.47. The van der Waals surface area contributed by atoms with Crippen molar-refractivity contribution in [1.82, 2.24) is 10.2 Å². The van der Waals surface area contributed by atoms with Crippen molar-refractivity contribution in [2.45, 2.75) is 50.7 Å². The second kappa shape index (κ2) is 14.6. The van der Waals surface area contributed by atoms with Gasteiger partial charge in [0.25, 0.3) is 10.0 Å². The molecule has 12 heteroatoms. The Balaban J connectivity index is 2.09. The Morgan fingerprint density at radius 3 is 1.98 bits per heavy atom. The largest absolute Gasteiger partial charge is 0.493 e. The number of anilines is 1. The molecule has 42 heavy (non-hydrogen) atoms. The molecule has 0 radical (unpaired) electrons. The highest BCUT2D eigenvalue weighted by Gasteiger charge is 2.34. The first-order chi connectivity index (χ1) is 19.9. The molecule has 0 aromatic heterocycles. The summed E-state index contributed by atoms with van der Waals surface area (Å²) >= 11 is 12.1. The third-order valence-corrected chi connectivity index (χ3v) is 8.69. The fraction of sp³-hybridized carbons (Fsp3) is 0.333. The number of sulfonamides is 1. The normalized spacial score (nSPS) is 12.0. The van der Waals surface area contributed by atoms with Gasteiger partial charge in [0.1, 0.15) is 12.6 Å². The molecule has 0 fully saturated rings. The van der Waals surface area contributed by atoms with Gasteiger partial charge in [0.05, 0.1) is 24.8 Å². The highest BCUT2D eigenvalue weighted by atomic mass is 35.5. The monoisotopic (exact) mass is 635 g/mol. The maximum absolute atomic E-state index is 14.1. The van der Waals surface area contributed by atoms with E-state index in [1.807, 2.05) is 13.8 Å². The van der Waals surface area contributed by atoms with Crippen LogP contribution in [0.2, 0.25) is 10.0 Å². The molecular weight excluding hydrogens is 601 g/mol. The molecule has 0 heterocycles. The van der Waals surface area contributed by atoms with Gasteiger partial charge in [-0.25, -0.2) is 8.42 Å². The zero-order chi connectivity index (χ0) is 31.0. The molecule has 2 amide bonds. The van der Waals surface area contributed by atoms with E-state index in [0.717, 1.165) is 9.87 Å². The highest BCUT2D eigenvalue weighted by molar-refractivity contribution is 7.92. The predicted octanol–water partition coefficient (Wildman–Crippen LogP) is 5.54. The molecule has 1 atom stereocenters. The third-order valence-electron chi connectivity index (χ3n) is 6.42. The number of hydrogen-bond donors (Lipinski definition) is 1. The lowest BCUT2D eigenvalue weighted by Gasteiger charge is -2.33. The molecule has 0 aliphatic heterocycles. The zero-order valence-corrected chi connectivity index (χ0v) is 26.5. The average molecular weight is 637 g/mol. The van der Waals surface area contributed by atoms with E-state index in [-0.39, 0.29) is 34.8 Å². The number of carbonyl (C=O) groups excluding carboxylic acids is 2. The molecule has 3 rings (SSSR count). The van der Waals surface area contributed by atoms with Crippen molar-refractivity contribution >= 4 is 50.7 Å². The number of carbonyl (C=O) groups is 2. The maximum Gasteiger partial charge on any atom is 0.264 e. The Bertz CT molecular complexity index is 1480. The van der Waals surface area contributed by atoms with Gasteiger partial charge in [-0.3, -0.25) is 13.9 Å². The number of benzene rings is 3. The number of rotatable bonds is 13. The van der Waals surface area contributed by atoms with Crippen molar-refractivity contribution in [2.75, 3.05) is 25.1 Å². The first-order valence-corrected chi connectivity index (χ1v) is 15.5. The number of methoxy groups -OCH3 is 2. The molecule has 9 nitrogen and oxygen atoms in total. The van der Waals surface area contributed by atoms with E-state index in [1.165, 1.54) is 61.6 Å². The quantitative estimate of drug-likeness (QED) is 0.264. The fourth-order valence-electron chi connectivity index (χ4n) is 4.33. The Kier molecular flexibility index (Phi) is 11.5. The third kappa shape index (κ3) is 8.08. The average Bonchev–Trinajstić information content (AvgIpc) is 2.96. The second-order valence-corrected chi connectivity index (χ2v) is 12.5. The molecule has 0 aliphatic carbocycles. The van der Waals surface area contributed by atoms with Crippen LogP contribution in [0.4, 0.5) is 5.69 Å². The fourth-order valence-corrected chi connectivity index (χ4v) is 6.01. The zero-order valence-electron chi connectivity index (χ0n) is 24.1. The summed E-state index contributed by atoms with van der Waals surface area (Å²) in [5.41, 5.74) is 0.943. The van der Waals surface area contributed by atoms with Gasteiger partial charge in [0, 0.05) is 28.7 Å². The molecule has 3 aromatic rings. The van der Waals surface area contributed by atoms with Crippen LogP contribution in [0.3, 0.4) is 0 Å². The van der Waals surface area contributed by atoms with Crippen LogP contribution in [-0.4, -0.2) is 58.0 Å².